The van der Waals surface area contributed by atoms with Gasteiger partial charge in [0, 0.05) is 18.2 Å². The highest BCUT2D eigenvalue weighted by atomic mass is 16.5. The lowest BCUT2D eigenvalue weighted by Crippen LogP contribution is -2.20. The Balaban J connectivity index is 1.35. The molecule has 3 rings (SSSR count). The van der Waals surface area contributed by atoms with E-state index in [2.05, 4.69) is 18.3 Å². The van der Waals surface area contributed by atoms with Crippen LogP contribution < -0.4 is 5.32 Å². The lowest BCUT2D eigenvalue weighted by molar-refractivity contribution is -0.120. The number of anilines is 1. The van der Waals surface area contributed by atoms with Gasteiger partial charge in [-0.3, -0.25) is 4.79 Å². The summed E-state index contributed by atoms with van der Waals surface area (Å²) in [6.07, 6.45) is 11.5. The van der Waals surface area contributed by atoms with Crippen molar-refractivity contribution in [2.75, 3.05) is 18.5 Å². The Morgan fingerprint density at radius 1 is 1.23 bits per heavy atom. The largest absolute Gasteiger partial charge is 0.392 e. The smallest absolute Gasteiger partial charge is 0.250 e. The molecule has 172 valence electrons. The minimum Gasteiger partial charge on any atom is -0.392 e. The highest BCUT2D eigenvalue weighted by Gasteiger charge is 2.46. The number of rotatable bonds is 12. The van der Waals surface area contributed by atoms with Crippen LogP contribution in [0.3, 0.4) is 0 Å². The zero-order chi connectivity index (χ0) is 22.1. The minimum absolute atomic E-state index is 0.0778. The number of unbranched alkanes of at least 4 members (excludes halogenated alkanes) is 2. The van der Waals surface area contributed by atoms with E-state index in [9.17, 15) is 15.0 Å². The first-order chi connectivity index (χ1) is 15.1. The molecule has 0 spiro atoms. The van der Waals surface area contributed by atoms with Gasteiger partial charge in [0.05, 0.1) is 12.2 Å². The van der Waals surface area contributed by atoms with Crippen molar-refractivity contribution in [2.24, 2.45) is 23.7 Å². The molecular formula is C26H39NO4. The topological polar surface area (TPSA) is 78.8 Å². The quantitative estimate of drug-likeness (QED) is 0.336. The van der Waals surface area contributed by atoms with Crippen LogP contribution in [0.4, 0.5) is 5.69 Å². The number of nitrogens with one attached hydrogen (secondary N) is 1. The monoisotopic (exact) mass is 429 g/mol. The SMILES string of the molecule is CCCCCC(O)C=C[C@H]1[C@@H]2CC(CCOCC(=O)Nc3ccccc3)C[C@H]2C[C@@H]1O. The third-order valence-corrected chi connectivity index (χ3v) is 6.95. The van der Waals surface area contributed by atoms with Crippen LogP contribution in [0.1, 0.15) is 58.3 Å². The maximum absolute atomic E-state index is 12.0. The van der Waals surface area contributed by atoms with Crippen LogP contribution in [0, 0.1) is 23.7 Å². The summed E-state index contributed by atoms with van der Waals surface area (Å²) >= 11 is 0. The molecule has 1 aromatic carbocycles. The molecule has 0 aliphatic heterocycles. The molecule has 0 saturated heterocycles. The molecule has 0 aromatic heterocycles. The van der Waals surface area contributed by atoms with Gasteiger partial charge in [-0.25, -0.2) is 0 Å². The molecule has 31 heavy (non-hydrogen) atoms. The maximum atomic E-state index is 12.0. The highest BCUT2D eigenvalue weighted by Crippen LogP contribution is 2.51. The van der Waals surface area contributed by atoms with Gasteiger partial charge < -0.3 is 20.3 Å². The number of fused-ring (bicyclic) bond motifs is 1. The van der Waals surface area contributed by atoms with Crippen LogP contribution in [0.15, 0.2) is 42.5 Å². The van der Waals surface area contributed by atoms with E-state index < -0.39 is 6.10 Å². The second-order valence-corrected chi connectivity index (χ2v) is 9.35. The van der Waals surface area contributed by atoms with Gasteiger partial charge in [-0.15, -0.1) is 0 Å². The standard InChI is InChI=1S/C26H39NO4/c1-2-3-5-10-22(28)11-12-23-24-16-19(15-20(24)17-25(23)29)13-14-31-18-26(30)27-21-8-6-4-7-9-21/h4,6-9,11-12,19-20,22-25,28-29H,2-3,5,10,13-18H2,1H3,(H,27,30)/t19?,20-,22?,23-,24+,25-/m0/s1. The third-order valence-electron chi connectivity index (χ3n) is 6.95. The average molecular weight is 430 g/mol. The van der Waals surface area contributed by atoms with Gasteiger partial charge in [0.15, 0.2) is 0 Å². The number of hydrogen-bond acceptors (Lipinski definition) is 4. The Bertz CT molecular complexity index is 692. The summed E-state index contributed by atoms with van der Waals surface area (Å²) in [6.45, 7) is 2.83. The predicted molar refractivity (Wildman–Crippen MR) is 124 cm³/mol. The number of aliphatic hydroxyl groups is 2. The number of carbonyl (C=O) groups excluding carboxylic acids is 1. The molecular weight excluding hydrogens is 390 g/mol. The Hall–Kier alpha value is -1.69. The first-order valence-corrected chi connectivity index (χ1v) is 12.0. The summed E-state index contributed by atoms with van der Waals surface area (Å²) in [5.74, 6) is 1.69. The van der Waals surface area contributed by atoms with Gasteiger partial charge in [0.1, 0.15) is 6.61 Å². The molecule has 2 aliphatic carbocycles. The molecule has 3 N–H and O–H groups in total. The molecule has 2 fully saturated rings. The number of carbonyl (C=O) groups is 1. The lowest BCUT2D eigenvalue weighted by atomic mass is 9.89. The van der Waals surface area contributed by atoms with E-state index in [1.807, 2.05) is 36.4 Å². The summed E-state index contributed by atoms with van der Waals surface area (Å²) < 4.78 is 5.62. The summed E-state index contributed by atoms with van der Waals surface area (Å²) in [7, 11) is 0. The number of aliphatic hydroxyl groups excluding tert-OH is 2. The molecule has 5 heteroatoms. The van der Waals surface area contributed by atoms with Crippen molar-refractivity contribution >= 4 is 11.6 Å². The number of amides is 1. The minimum atomic E-state index is -0.398. The Kier molecular flexibility index (Phi) is 9.56. The fraction of sp³-hybridized carbons (Fsp3) is 0.654. The van der Waals surface area contributed by atoms with Gasteiger partial charge >= 0.3 is 0 Å². The first kappa shape index (κ1) is 24.0. The summed E-state index contributed by atoms with van der Waals surface area (Å²) in [5, 5.41) is 23.5. The Morgan fingerprint density at radius 2 is 2.03 bits per heavy atom. The molecule has 2 unspecified atom stereocenters. The van der Waals surface area contributed by atoms with Crippen LogP contribution in [0.2, 0.25) is 0 Å². The van der Waals surface area contributed by atoms with Crippen LogP contribution >= 0.6 is 0 Å². The average Bonchev–Trinajstić information content (AvgIpc) is 3.27. The van der Waals surface area contributed by atoms with E-state index in [0.29, 0.717) is 24.4 Å². The van der Waals surface area contributed by atoms with E-state index >= 15 is 0 Å². The molecule has 0 bridgehead atoms. The number of benzene rings is 1. The van der Waals surface area contributed by atoms with E-state index in [1.165, 1.54) is 0 Å². The van der Waals surface area contributed by atoms with Crippen LogP contribution in [0.25, 0.3) is 0 Å². The number of ether oxygens (including phenoxy) is 1. The molecule has 1 aromatic rings. The predicted octanol–water partition coefficient (Wildman–Crippen LogP) is 4.55. The van der Waals surface area contributed by atoms with E-state index in [1.54, 1.807) is 0 Å². The molecule has 2 aliphatic rings. The molecule has 0 radical (unpaired) electrons. The summed E-state index contributed by atoms with van der Waals surface area (Å²) in [6, 6.07) is 9.41. The molecule has 2 saturated carbocycles. The normalized spacial score (nSPS) is 28.7. The number of para-hydroxylation sites is 1. The zero-order valence-electron chi connectivity index (χ0n) is 18.8. The maximum Gasteiger partial charge on any atom is 0.250 e. The van der Waals surface area contributed by atoms with E-state index in [-0.39, 0.29) is 24.5 Å². The summed E-state index contributed by atoms with van der Waals surface area (Å²) in [4.78, 5) is 12.0. The van der Waals surface area contributed by atoms with Crippen molar-refractivity contribution in [2.45, 2.75) is 70.5 Å². The molecule has 0 heterocycles. The van der Waals surface area contributed by atoms with Crippen molar-refractivity contribution in [1.29, 1.82) is 0 Å². The zero-order valence-corrected chi connectivity index (χ0v) is 18.8. The molecule has 5 nitrogen and oxygen atoms in total. The molecule has 6 atom stereocenters. The fourth-order valence-electron chi connectivity index (χ4n) is 5.37. The van der Waals surface area contributed by atoms with Crippen molar-refractivity contribution in [1.82, 2.24) is 0 Å². The lowest BCUT2D eigenvalue weighted by Gasteiger charge is -2.19. The van der Waals surface area contributed by atoms with Crippen molar-refractivity contribution in [3.63, 3.8) is 0 Å². The van der Waals surface area contributed by atoms with Crippen molar-refractivity contribution in [3.05, 3.63) is 42.5 Å². The van der Waals surface area contributed by atoms with Crippen LogP contribution in [0.5, 0.6) is 0 Å². The summed E-state index contributed by atoms with van der Waals surface area (Å²) in [5.41, 5.74) is 0.785. The second-order valence-electron chi connectivity index (χ2n) is 9.35. The fourth-order valence-corrected chi connectivity index (χ4v) is 5.37. The second kappa shape index (κ2) is 12.4. The van der Waals surface area contributed by atoms with E-state index in [4.69, 9.17) is 4.74 Å². The van der Waals surface area contributed by atoms with Gasteiger partial charge in [0.25, 0.3) is 0 Å². The Morgan fingerprint density at radius 3 is 2.81 bits per heavy atom. The van der Waals surface area contributed by atoms with Gasteiger partial charge in [-0.1, -0.05) is 56.5 Å². The molecule has 1 amide bonds. The van der Waals surface area contributed by atoms with Gasteiger partial charge in [0.2, 0.25) is 5.91 Å². The van der Waals surface area contributed by atoms with Gasteiger partial charge in [-0.05, 0) is 62.0 Å². The van der Waals surface area contributed by atoms with Crippen molar-refractivity contribution < 1.29 is 19.7 Å². The highest BCUT2D eigenvalue weighted by molar-refractivity contribution is 5.91. The van der Waals surface area contributed by atoms with Crippen molar-refractivity contribution in [3.8, 4) is 0 Å². The first-order valence-electron chi connectivity index (χ1n) is 12.0. The van der Waals surface area contributed by atoms with Gasteiger partial charge in [-0.2, -0.15) is 0 Å². The van der Waals surface area contributed by atoms with Crippen LogP contribution in [-0.4, -0.2) is 41.5 Å². The third kappa shape index (κ3) is 7.44. The van der Waals surface area contributed by atoms with E-state index in [0.717, 1.165) is 57.1 Å². The van der Waals surface area contributed by atoms with Crippen LogP contribution in [-0.2, 0) is 9.53 Å². The number of hydrogen-bond donors (Lipinski definition) is 3. The Labute approximate surface area is 186 Å².